The molecule has 0 aliphatic carbocycles. The second-order valence-electron chi connectivity index (χ2n) is 16.6. The van der Waals surface area contributed by atoms with Crippen LogP contribution in [-0.2, 0) is 28.5 Å². The number of aromatic amines is 2. The van der Waals surface area contributed by atoms with Crippen molar-refractivity contribution in [1.29, 1.82) is 0 Å². The Balaban J connectivity index is 1.01. The van der Waals surface area contributed by atoms with Gasteiger partial charge in [0.1, 0.15) is 23.7 Å². The van der Waals surface area contributed by atoms with Crippen LogP contribution in [0.4, 0.5) is 9.59 Å². The van der Waals surface area contributed by atoms with Crippen molar-refractivity contribution in [3.05, 3.63) is 109 Å². The normalized spacial score (nSPS) is 19.3. The molecule has 64 heavy (non-hydrogen) atoms. The number of nitrogens with one attached hydrogen (secondary N) is 4. The van der Waals surface area contributed by atoms with Crippen LogP contribution in [0, 0.1) is 5.92 Å². The number of allylic oxidation sites excluding steroid dienone is 3. The van der Waals surface area contributed by atoms with E-state index < -0.39 is 42.0 Å². The van der Waals surface area contributed by atoms with E-state index in [0.717, 1.165) is 62.9 Å². The van der Waals surface area contributed by atoms with E-state index >= 15 is 0 Å². The molecule has 1 spiro atoms. The minimum Gasteiger partial charge on any atom is -0.453 e. The van der Waals surface area contributed by atoms with E-state index in [4.69, 9.17) is 28.9 Å². The summed E-state index contributed by atoms with van der Waals surface area (Å²) in [7, 11) is 2.53. The molecule has 4 N–H and O–H groups in total. The number of fused-ring (bicyclic) bond motifs is 3. The van der Waals surface area contributed by atoms with Gasteiger partial charge in [-0.25, -0.2) is 19.6 Å². The fraction of sp³-hybridized carbons (Fsp3) is 0.375. The van der Waals surface area contributed by atoms with Gasteiger partial charge in [0.2, 0.25) is 5.91 Å². The zero-order valence-corrected chi connectivity index (χ0v) is 36.7. The molecule has 4 atom stereocenters. The summed E-state index contributed by atoms with van der Waals surface area (Å²) in [5.41, 5.74) is 5.82. The highest BCUT2D eigenvalue weighted by Crippen LogP contribution is 2.43. The lowest BCUT2D eigenvalue weighted by molar-refractivity contribution is -0.152. The summed E-state index contributed by atoms with van der Waals surface area (Å²) in [6, 6.07) is 16.0. The van der Waals surface area contributed by atoms with Gasteiger partial charge in [-0.3, -0.25) is 9.59 Å². The van der Waals surface area contributed by atoms with Crippen LogP contribution >= 0.6 is 0 Å². The van der Waals surface area contributed by atoms with Crippen molar-refractivity contribution in [2.45, 2.75) is 70.0 Å². The number of aromatic nitrogens is 4. The number of methoxy groups -OCH3 is 2. The standard InChI is InChI=1S/C48H54N8O8/c1-7-8-9-11-29(4)40(54-47(60)62-6)45(58)56-27-48(63-22-23-64-48)25-38(56)42-49-26-36(51-42)31-15-13-30(14-16-31)32-17-19-34-33(24-32)18-20-35-41(34)52-43(50-35)37-12-10-21-55(37)44(57)39(28(2)3)53-46(59)61-5/h7-9,11,13-20,24,26,28,37-40H,4,10,12,21-23,25,27H2,1-3,5-6H3,(H,49,51)(H,50,52)(H,53,59)(H,54,60)/b8-7-,11-9-/t37-,38-,39-,40+/m0/s1. The maximum atomic E-state index is 14.3. The van der Waals surface area contributed by atoms with E-state index in [-0.39, 0.29) is 24.4 Å². The second-order valence-corrected chi connectivity index (χ2v) is 16.6. The molecule has 3 aliphatic heterocycles. The third-order valence-electron chi connectivity index (χ3n) is 12.2. The number of nitrogens with zero attached hydrogens (tertiary/aromatic N) is 4. The Morgan fingerprint density at radius 3 is 2.31 bits per heavy atom. The lowest BCUT2D eigenvalue weighted by atomic mass is 9.99. The number of H-pyrrole nitrogens is 2. The van der Waals surface area contributed by atoms with E-state index in [0.29, 0.717) is 37.6 Å². The highest BCUT2D eigenvalue weighted by Gasteiger charge is 2.52. The number of hydrogen-bond donors (Lipinski definition) is 4. The van der Waals surface area contributed by atoms with Crippen molar-refractivity contribution in [2.24, 2.45) is 5.92 Å². The van der Waals surface area contributed by atoms with Crippen molar-refractivity contribution >= 4 is 45.8 Å². The number of carbonyl (C=O) groups excluding carboxylic acids is 4. The predicted molar refractivity (Wildman–Crippen MR) is 241 cm³/mol. The van der Waals surface area contributed by atoms with Crippen LogP contribution in [0.1, 0.15) is 63.8 Å². The summed E-state index contributed by atoms with van der Waals surface area (Å²) >= 11 is 0. The van der Waals surface area contributed by atoms with Crippen LogP contribution < -0.4 is 10.6 Å². The molecule has 0 bridgehead atoms. The average Bonchev–Trinajstić information content (AvgIpc) is 4.17. The molecule has 3 aromatic carbocycles. The first kappa shape index (κ1) is 43.9. The topological polar surface area (TPSA) is 193 Å². The fourth-order valence-electron chi connectivity index (χ4n) is 8.91. The number of benzene rings is 3. The number of hydrogen-bond acceptors (Lipinski definition) is 10. The van der Waals surface area contributed by atoms with Gasteiger partial charge in [0, 0.05) is 18.4 Å². The SMILES string of the molecule is C=C(/C=C\C=C/C)[C@@H](NC(=O)OC)C(=O)N1CC2(C[C@H]1c1ncc(-c3ccc(-c4ccc5c(ccc6[nH]c([C@@H]7CCCN7C(=O)[C@@H](NC(=O)OC)C(C)C)nc65)c4)cc3)[nH]1)OCCO2. The number of amides is 4. The average molecular weight is 871 g/mol. The van der Waals surface area contributed by atoms with Crippen LogP contribution in [0.15, 0.2) is 97.3 Å². The van der Waals surface area contributed by atoms with E-state index in [9.17, 15) is 19.2 Å². The monoisotopic (exact) mass is 870 g/mol. The van der Waals surface area contributed by atoms with E-state index in [1.54, 1.807) is 29.3 Å². The van der Waals surface area contributed by atoms with E-state index in [1.807, 2.05) is 49.9 Å². The molecule has 0 radical (unpaired) electrons. The molecule has 16 nitrogen and oxygen atoms in total. The Kier molecular flexibility index (Phi) is 12.7. The smallest absolute Gasteiger partial charge is 0.407 e. The number of carbonyl (C=O) groups is 4. The highest BCUT2D eigenvalue weighted by atomic mass is 16.7. The van der Waals surface area contributed by atoms with Gasteiger partial charge in [0.15, 0.2) is 5.79 Å². The number of likely N-dealkylation sites (tertiary alicyclic amines) is 2. The molecule has 0 saturated carbocycles. The van der Waals surface area contributed by atoms with Crippen molar-refractivity contribution in [3.63, 3.8) is 0 Å². The molecular weight excluding hydrogens is 817 g/mol. The lowest BCUT2D eigenvalue weighted by Gasteiger charge is -2.29. The number of ether oxygens (including phenoxy) is 4. The minimum absolute atomic E-state index is 0.124. The third-order valence-corrected chi connectivity index (χ3v) is 12.2. The Morgan fingerprint density at radius 1 is 0.875 bits per heavy atom. The van der Waals surface area contributed by atoms with Gasteiger partial charge in [0.05, 0.1) is 69.0 Å². The molecule has 2 aromatic heterocycles. The van der Waals surface area contributed by atoms with Crippen LogP contribution in [0.5, 0.6) is 0 Å². The first-order chi connectivity index (χ1) is 30.9. The maximum Gasteiger partial charge on any atom is 0.407 e. The maximum absolute atomic E-state index is 14.3. The largest absolute Gasteiger partial charge is 0.453 e. The second kappa shape index (κ2) is 18.5. The molecule has 3 aliphatic rings. The van der Waals surface area contributed by atoms with Crippen molar-refractivity contribution in [2.75, 3.05) is 40.5 Å². The summed E-state index contributed by atoms with van der Waals surface area (Å²) in [5.74, 6) is -0.394. The first-order valence-corrected chi connectivity index (χ1v) is 21.6. The molecule has 0 unspecified atom stereocenters. The van der Waals surface area contributed by atoms with Gasteiger partial charge >= 0.3 is 12.2 Å². The zero-order chi connectivity index (χ0) is 45.1. The van der Waals surface area contributed by atoms with Gasteiger partial charge in [-0.05, 0) is 65.5 Å². The van der Waals surface area contributed by atoms with Gasteiger partial charge in [-0.1, -0.05) is 87.2 Å². The van der Waals surface area contributed by atoms with Crippen LogP contribution in [0.2, 0.25) is 0 Å². The Labute approximate surface area is 371 Å². The summed E-state index contributed by atoms with van der Waals surface area (Å²) in [6.45, 7) is 11.3. The molecule has 3 fully saturated rings. The number of imidazole rings is 2. The highest BCUT2D eigenvalue weighted by molar-refractivity contribution is 6.05. The predicted octanol–water partition coefficient (Wildman–Crippen LogP) is 7.25. The zero-order valence-electron chi connectivity index (χ0n) is 36.7. The number of alkyl carbamates (subject to hydrolysis) is 2. The van der Waals surface area contributed by atoms with E-state index in [1.165, 1.54) is 14.2 Å². The summed E-state index contributed by atoms with van der Waals surface area (Å²) in [5, 5.41) is 7.38. The summed E-state index contributed by atoms with van der Waals surface area (Å²) in [6.07, 6.45) is 9.38. The van der Waals surface area contributed by atoms with Gasteiger partial charge < -0.3 is 49.3 Å². The molecule has 334 valence electrons. The number of rotatable bonds is 12. The van der Waals surface area contributed by atoms with Gasteiger partial charge in [0.25, 0.3) is 5.91 Å². The molecule has 3 saturated heterocycles. The molecule has 4 amide bonds. The minimum atomic E-state index is -1.10. The van der Waals surface area contributed by atoms with Crippen LogP contribution in [0.3, 0.4) is 0 Å². The van der Waals surface area contributed by atoms with Gasteiger partial charge in [-0.2, -0.15) is 0 Å². The lowest BCUT2D eigenvalue weighted by Crippen LogP contribution is -2.51. The Hall–Kier alpha value is -6.78. The van der Waals surface area contributed by atoms with Crippen LogP contribution in [0.25, 0.3) is 44.2 Å². The molecule has 8 rings (SSSR count). The Morgan fingerprint density at radius 2 is 1.59 bits per heavy atom. The van der Waals surface area contributed by atoms with Gasteiger partial charge in [-0.15, -0.1) is 0 Å². The van der Waals surface area contributed by atoms with Crippen molar-refractivity contribution < 1.29 is 38.1 Å². The first-order valence-electron chi connectivity index (χ1n) is 21.6. The summed E-state index contributed by atoms with van der Waals surface area (Å²) < 4.78 is 21.8. The third kappa shape index (κ3) is 8.75. The summed E-state index contributed by atoms with van der Waals surface area (Å²) in [4.78, 5) is 72.7. The Bertz CT molecular complexity index is 2620. The quantitative estimate of drug-likeness (QED) is 0.0929. The van der Waals surface area contributed by atoms with Crippen molar-refractivity contribution in [3.8, 4) is 22.4 Å². The van der Waals surface area contributed by atoms with E-state index in [2.05, 4.69) is 63.6 Å². The van der Waals surface area contributed by atoms with Crippen LogP contribution in [-0.4, -0.2) is 112 Å². The van der Waals surface area contributed by atoms with Crippen molar-refractivity contribution in [1.82, 2.24) is 40.4 Å². The molecule has 5 heterocycles. The molecule has 16 heteroatoms. The fourth-order valence-corrected chi connectivity index (χ4v) is 8.91. The molecule has 5 aromatic rings. The molecular formula is C48H54N8O8.